The molecule has 1 heterocycles. The molecule has 0 radical (unpaired) electrons. The molecule has 0 saturated carbocycles. The van der Waals surface area contributed by atoms with Gasteiger partial charge in [-0.1, -0.05) is 32.8 Å². The average molecular weight is 527 g/mol. The van der Waals surface area contributed by atoms with Crippen LogP contribution in [0.25, 0.3) is 5.76 Å². The van der Waals surface area contributed by atoms with Crippen molar-refractivity contribution in [2.45, 2.75) is 52.0 Å². The van der Waals surface area contributed by atoms with Gasteiger partial charge >= 0.3 is 0 Å². The second-order valence-corrected chi connectivity index (χ2v) is 9.52. The molecule has 1 atom stereocenters. The summed E-state index contributed by atoms with van der Waals surface area (Å²) >= 11 is 0. The van der Waals surface area contributed by atoms with Gasteiger partial charge in [0.1, 0.15) is 11.6 Å². The van der Waals surface area contributed by atoms with Crippen molar-refractivity contribution in [3.05, 3.63) is 65.0 Å². The van der Waals surface area contributed by atoms with E-state index in [-0.39, 0.29) is 16.9 Å². The van der Waals surface area contributed by atoms with Crippen molar-refractivity contribution in [1.82, 2.24) is 9.80 Å². The van der Waals surface area contributed by atoms with Crippen molar-refractivity contribution in [2.75, 3.05) is 40.4 Å². The summed E-state index contributed by atoms with van der Waals surface area (Å²) < 4.78 is 24.4. The fourth-order valence-corrected chi connectivity index (χ4v) is 4.81. The van der Waals surface area contributed by atoms with Gasteiger partial charge < -0.3 is 24.4 Å². The third-order valence-electron chi connectivity index (χ3n) is 6.91. The number of methoxy groups -OCH3 is 2. The molecule has 0 aliphatic carbocycles. The maximum atomic E-state index is 13.5. The summed E-state index contributed by atoms with van der Waals surface area (Å²) in [6, 6.07) is 9.57. The number of carbonyl (C=O) groups excluding carboxylic acids is 2. The van der Waals surface area contributed by atoms with Crippen molar-refractivity contribution >= 4 is 17.4 Å². The number of aliphatic hydroxyl groups excluding tert-OH is 1. The van der Waals surface area contributed by atoms with Crippen molar-refractivity contribution < 1.29 is 28.6 Å². The minimum atomic E-state index is -0.820. The second-order valence-electron chi connectivity index (χ2n) is 9.52. The van der Waals surface area contributed by atoms with Crippen LogP contribution in [0.15, 0.2) is 48.0 Å². The molecule has 3 rings (SSSR count). The van der Waals surface area contributed by atoms with E-state index >= 15 is 0 Å². The van der Waals surface area contributed by atoms with Crippen LogP contribution in [0, 0.1) is 5.82 Å². The van der Waals surface area contributed by atoms with E-state index in [4.69, 9.17) is 9.47 Å². The van der Waals surface area contributed by atoms with Crippen LogP contribution in [0.3, 0.4) is 0 Å². The van der Waals surface area contributed by atoms with Crippen LogP contribution < -0.4 is 9.47 Å². The molecule has 2 aromatic rings. The van der Waals surface area contributed by atoms with Gasteiger partial charge in [-0.25, -0.2) is 4.39 Å². The van der Waals surface area contributed by atoms with E-state index < -0.39 is 23.5 Å². The Hall–Kier alpha value is -3.39. The smallest absolute Gasteiger partial charge is 0.295 e. The van der Waals surface area contributed by atoms with Gasteiger partial charge in [0.15, 0.2) is 11.5 Å². The van der Waals surface area contributed by atoms with E-state index in [1.54, 1.807) is 18.2 Å². The number of Topliss-reactive ketones (excluding diaryl/α,β-unsaturated/α-hetero) is 1. The number of hydrogen-bond donors (Lipinski definition) is 1. The molecule has 0 bridgehead atoms. The van der Waals surface area contributed by atoms with E-state index in [0.717, 1.165) is 45.3 Å². The third kappa shape index (κ3) is 6.72. The first-order valence-electron chi connectivity index (χ1n) is 13.3. The zero-order chi connectivity index (χ0) is 27.7. The molecule has 7 nitrogen and oxygen atoms in total. The fraction of sp³-hybridized carbons (Fsp3) is 0.467. The number of ether oxygens (including phenoxy) is 2. The van der Waals surface area contributed by atoms with Crippen molar-refractivity contribution in [3.8, 4) is 11.5 Å². The summed E-state index contributed by atoms with van der Waals surface area (Å²) in [4.78, 5) is 30.5. The summed E-state index contributed by atoms with van der Waals surface area (Å²) in [6.45, 7) is 7.49. The molecule has 2 aromatic carbocycles. The molecular weight excluding hydrogens is 487 g/mol. The third-order valence-corrected chi connectivity index (χ3v) is 6.91. The van der Waals surface area contributed by atoms with E-state index in [0.29, 0.717) is 30.0 Å². The zero-order valence-electron chi connectivity index (χ0n) is 22.8. The summed E-state index contributed by atoms with van der Waals surface area (Å²) in [5.74, 6) is -1.27. The molecule has 8 heteroatoms. The number of amides is 1. The van der Waals surface area contributed by atoms with E-state index in [1.807, 2.05) is 0 Å². The van der Waals surface area contributed by atoms with E-state index in [9.17, 15) is 19.1 Å². The maximum absolute atomic E-state index is 13.5. The molecule has 206 valence electrons. The second kappa shape index (κ2) is 14.0. The Balaban J connectivity index is 1.98. The summed E-state index contributed by atoms with van der Waals surface area (Å²) in [7, 11) is 3.04. The molecule has 1 aliphatic rings. The predicted molar refractivity (Wildman–Crippen MR) is 146 cm³/mol. The summed E-state index contributed by atoms with van der Waals surface area (Å²) in [5, 5.41) is 11.2. The Bertz CT molecular complexity index is 1120. The Morgan fingerprint density at radius 2 is 1.53 bits per heavy atom. The number of likely N-dealkylation sites (tertiary alicyclic amines) is 1. The monoisotopic (exact) mass is 526 g/mol. The van der Waals surface area contributed by atoms with Crippen molar-refractivity contribution in [3.63, 3.8) is 0 Å². The number of hydrogen-bond acceptors (Lipinski definition) is 6. The lowest BCUT2D eigenvalue weighted by molar-refractivity contribution is -0.140. The van der Waals surface area contributed by atoms with Gasteiger partial charge in [-0.05, 0) is 80.9 Å². The molecule has 0 spiro atoms. The number of nitrogens with zero attached hydrogens (tertiary/aromatic N) is 2. The van der Waals surface area contributed by atoms with Crippen LogP contribution in [0.4, 0.5) is 4.39 Å². The Labute approximate surface area is 224 Å². The molecule has 0 aromatic heterocycles. The maximum Gasteiger partial charge on any atom is 0.295 e. The lowest BCUT2D eigenvalue weighted by atomic mass is 9.95. The van der Waals surface area contributed by atoms with Gasteiger partial charge in [0.05, 0.1) is 25.8 Å². The van der Waals surface area contributed by atoms with Crippen LogP contribution in [0.1, 0.15) is 63.1 Å². The molecule has 1 aliphatic heterocycles. The first-order chi connectivity index (χ1) is 18.4. The average Bonchev–Trinajstić information content (AvgIpc) is 3.18. The van der Waals surface area contributed by atoms with Gasteiger partial charge in [-0.2, -0.15) is 0 Å². The molecule has 1 amide bonds. The SMILES string of the molecule is CCCCN(CCCC)CCCN1C(=O)C(=O)/C(=C(/O)c2ccc(F)cc2)C1c1ccc(OC)c(OC)c1. The molecular formula is C30H39FN2O5. The standard InChI is InChI=1S/C30H39FN2O5/c1-5-7-16-32(17-8-6-2)18-9-19-33-27(22-12-15-24(37-3)25(20-22)38-4)26(29(35)30(33)36)28(34)21-10-13-23(31)14-11-21/h10-15,20,27,34H,5-9,16-19H2,1-4H3/b28-26+. The normalized spacial score (nSPS) is 16.9. The van der Waals surface area contributed by atoms with Crippen LogP contribution in [0.2, 0.25) is 0 Å². The van der Waals surface area contributed by atoms with E-state index in [2.05, 4.69) is 18.7 Å². The molecule has 1 unspecified atom stereocenters. The van der Waals surface area contributed by atoms with Gasteiger partial charge in [0, 0.05) is 12.1 Å². The molecule has 1 saturated heterocycles. The number of rotatable bonds is 14. The first kappa shape index (κ1) is 29.2. The summed E-state index contributed by atoms with van der Waals surface area (Å²) in [6.07, 6.45) is 5.12. The summed E-state index contributed by atoms with van der Waals surface area (Å²) in [5.41, 5.74) is 0.849. The highest BCUT2D eigenvalue weighted by molar-refractivity contribution is 6.46. The minimum Gasteiger partial charge on any atom is -0.507 e. The minimum absolute atomic E-state index is 0.0253. The highest BCUT2D eigenvalue weighted by Crippen LogP contribution is 2.42. The quantitative estimate of drug-likeness (QED) is 0.197. The van der Waals surface area contributed by atoms with Crippen molar-refractivity contribution in [1.29, 1.82) is 0 Å². The molecule has 1 fully saturated rings. The number of ketones is 1. The van der Waals surface area contributed by atoms with Crippen LogP contribution in [-0.4, -0.2) is 67.0 Å². The number of halogens is 1. The highest BCUT2D eigenvalue weighted by atomic mass is 19.1. The van der Waals surface area contributed by atoms with Gasteiger partial charge in [-0.3, -0.25) is 9.59 Å². The number of aliphatic hydroxyl groups is 1. The van der Waals surface area contributed by atoms with Crippen molar-refractivity contribution in [2.24, 2.45) is 0 Å². The predicted octanol–water partition coefficient (Wildman–Crippen LogP) is 5.56. The van der Waals surface area contributed by atoms with E-state index in [1.165, 1.54) is 43.4 Å². The van der Waals surface area contributed by atoms with Gasteiger partial charge in [-0.15, -0.1) is 0 Å². The lowest BCUT2D eigenvalue weighted by Crippen LogP contribution is -2.34. The van der Waals surface area contributed by atoms with Crippen LogP contribution in [-0.2, 0) is 9.59 Å². The number of benzene rings is 2. The van der Waals surface area contributed by atoms with Crippen LogP contribution in [0.5, 0.6) is 11.5 Å². The van der Waals surface area contributed by atoms with Crippen LogP contribution >= 0.6 is 0 Å². The number of unbranched alkanes of at least 4 members (excludes halogenated alkanes) is 2. The zero-order valence-corrected chi connectivity index (χ0v) is 22.8. The molecule has 38 heavy (non-hydrogen) atoms. The highest BCUT2D eigenvalue weighted by Gasteiger charge is 2.46. The lowest BCUT2D eigenvalue weighted by Gasteiger charge is -2.28. The molecule has 1 N–H and O–H groups in total. The Kier molecular flexibility index (Phi) is 10.7. The topological polar surface area (TPSA) is 79.3 Å². The number of carbonyl (C=O) groups is 2. The van der Waals surface area contributed by atoms with Gasteiger partial charge in [0.2, 0.25) is 0 Å². The van der Waals surface area contributed by atoms with Gasteiger partial charge in [0.25, 0.3) is 11.7 Å². The fourth-order valence-electron chi connectivity index (χ4n) is 4.81. The largest absolute Gasteiger partial charge is 0.507 e. The Morgan fingerprint density at radius 3 is 2.11 bits per heavy atom. The Morgan fingerprint density at radius 1 is 0.921 bits per heavy atom. The first-order valence-corrected chi connectivity index (χ1v) is 13.3.